The van der Waals surface area contributed by atoms with Gasteiger partial charge in [-0.3, -0.25) is 9.79 Å². The Labute approximate surface area is 104 Å². The molecular formula is C11H26N4O2. The van der Waals surface area contributed by atoms with Gasteiger partial charge in [-0.15, -0.1) is 0 Å². The van der Waals surface area contributed by atoms with Crippen molar-refractivity contribution in [3.8, 4) is 0 Å². The number of nitrogens with two attached hydrogens (primary N) is 1. The van der Waals surface area contributed by atoms with Gasteiger partial charge >= 0.3 is 5.97 Å². The lowest BCUT2D eigenvalue weighted by molar-refractivity contribution is -0.135. The molecule has 0 aromatic rings. The van der Waals surface area contributed by atoms with Crippen molar-refractivity contribution in [1.29, 1.82) is 0 Å². The van der Waals surface area contributed by atoms with Crippen LogP contribution < -0.4 is 16.4 Å². The number of nitrogens with one attached hydrogen (secondary N) is 2. The first-order valence-electron chi connectivity index (χ1n) is 6.06. The summed E-state index contributed by atoms with van der Waals surface area (Å²) in [6, 6.07) is 0. The Bertz CT molecular complexity index is 200. The van der Waals surface area contributed by atoms with Gasteiger partial charge in [0.15, 0.2) is 5.96 Å². The Hall–Kier alpha value is -1.30. The van der Waals surface area contributed by atoms with Gasteiger partial charge in [0.25, 0.3) is 0 Å². The lowest BCUT2D eigenvalue weighted by atomic mass is 10.3. The van der Waals surface area contributed by atoms with Crippen molar-refractivity contribution in [3.05, 3.63) is 0 Å². The van der Waals surface area contributed by atoms with E-state index in [1.165, 1.54) is 12.8 Å². The van der Waals surface area contributed by atoms with Crippen LogP contribution in [0.2, 0.25) is 0 Å². The zero-order valence-corrected chi connectivity index (χ0v) is 11.1. The number of rotatable bonds is 6. The maximum atomic E-state index is 9.24. The van der Waals surface area contributed by atoms with E-state index in [-0.39, 0.29) is 6.54 Å². The van der Waals surface area contributed by atoms with Crippen molar-refractivity contribution in [2.45, 2.75) is 33.6 Å². The van der Waals surface area contributed by atoms with Crippen LogP contribution in [-0.2, 0) is 4.79 Å². The summed E-state index contributed by atoms with van der Waals surface area (Å²) in [6.07, 6.45) is 2.37. The van der Waals surface area contributed by atoms with E-state index in [1.54, 1.807) is 0 Å². The van der Waals surface area contributed by atoms with E-state index in [1.807, 2.05) is 0 Å². The average molecular weight is 246 g/mol. The highest BCUT2D eigenvalue weighted by atomic mass is 16.4. The van der Waals surface area contributed by atoms with Gasteiger partial charge in [-0.1, -0.05) is 13.3 Å². The molecule has 0 spiro atoms. The van der Waals surface area contributed by atoms with Crippen LogP contribution in [0.1, 0.15) is 33.6 Å². The molecule has 0 aliphatic heterocycles. The number of unbranched alkanes of at least 4 members (excludes halogenated alkanes) is 1. The van der Waals surface area contributed by atoms with E-state index >= 15 is 0 Å². The van der Waals surface area contributed by atoms with Crippen LogP contribution in [-0.4, -0.2) is 43.2 Å². The number of carbonyl (C=O) groups is 1. The predicted molar refractivity (Wildman–Crippen MR) is 71.3 cm³/mol. The molecule has 17 heavy (non-hydrogen) atoms. The van der Waals surface area contributed by atoms with Crippen LogP contribution in [0.15, 0.2) is 4.99 Å². The second kappa shape index (κ2) is 14.7. The molecule has 6 heteroatoms. The molecule has 0 saturated heterocycles. The number of aliphatic carboxylic acids is 1. The topological polar surface area (TPSA) is 99.7 Å². The average Bonchev–Trinajstić information content (AvgIpc) is 2.30. The van der Waals surface area contributed by atoms with E-state index in [2.05, 4.69) is 42.1 Å². The zero-order valence-electron chi connectivity index (χ0n) is 11.1. The highest BCUT2D eigenvalue weighted by Gasteiger charge is 1.91. The van der Waals surface area contributed by atoms with Gasteiger partial charge in [-0.2, -0.15) is 0 Å². The third-order valence-electron chi connectivity index (χ3n) is 1.64. The number of guanidine groups is 1. The first-order valence-corrected chi connectivity index (χ1v) is 6.06. The molecule has 0 atom stereocenters. The molecule has 0 aromatic heterocycles. The normalized spacial score (nSPS) is 8.71. The Morgan fingerprint density at radius 1 is 1.24 bits per heavy atom. The number of hydrogen-bond acceptors (Lipinski definition) is 3. The van der Waals surface area contributed by atoms with Gasteiger partial charge in [0.1, 0.15) is 0 Å². The molecule has 0 unspecified atom stereocenters. The summed E-state index contributed by atoms with van der Waals surface area (Å²) in [5, 5.41) is 14.0. The first-order chi connectivity index (χ1) is 8.12. The van der Waals surface area contributed by atoms with E-state index in [4.69, 9.17) is 5.11 Å². The molecule has 6 nitrogen and oxygen atoms in total. The van der Waals surface area contributed by atoms with Crippen LogP contribution in [0.5, 0.6) is 0 Å². The Morgan fingerprint density at radius 2 is 1.71 bits per heavy atom. The summed E-state index contributed by atoms with van der Waals surface area (Å²) in [5.74, 6) is -0.0292. The fourth-order valence-corrected chi connectivity index (χ4v) is 0.858. The van der Waals surface area contributed by atoms with Crippen molar-refractivity contribution < 1.29 is 9.90 Å². The third-order valence-corrected chi connectivity index (χ3v) is 1.64. The monoisotopic (exact) mass is 246 g/mol. The molecule has 0 aliphatic carbocycles. The SMILES string of the molecule is CCCCN=C(NCC)NCC.NCC(=O)O. The largest absolute Gasteiger partial charge is 0.480 e. The number of aliphatic imine (C=N–C) groups is 1. The molecule has 0 heterocycles. The minimum Gasteiger partial charge on any atom is -0.480 e. The van der Waals surface area contributed by atoms with Gasteiger partial charge in [-0.25, -0.2) is 0 Å². The summed E-state index contributed by atoms with van der Waals surface area (Å²) >= 11 is 0. The summed E-state index contributed by atoms with van der Waals surface area (Å²) in [4.78, 5) is 13.6. The molecule has 0 aliphatic rings. The van der Waals surface area contributed by atoms with E-state index < -0.39 is 5.97 Å². The molecule has 0 fully saturated rings. The quantitative estimate of drug-likeness (QED) is 0.309. The smallest absolute Gasteiger partial charge is 0.317 e. The Kier molecular flexibility index (Phi) is 15.6. The standard InChI is InChI=1S/C9H21N3.C2H5NO2/c1-4-7-8-12-9(10-5-2)11-6-3;3-1-2(4)5/h4-8H2,1-3H3,(H2,10,11,12);1,3H2,(H,4,5). The Balaban J connectivity index is 0. The van der Waals surface area contributed by atoms with Gasteiger partial charge in [-0.05, 0) is 20.3 Å². The summed E-state index contributed by atoms with van der Waals surface area (Å²) in [7, 11) is 0. The molecule has 0 amide bonds. The Morgan fingerprint density at radius 3 is 2.00 bits per heavy atom. The summed E-state index contributed by atoms with van der Waals surface area (Å²) in [5.41, 5.74) is 4.57. The highest BCUT2D eigenvalue weighted by Crippen LogP contribution is 1.86. The van der Waals surface area contributed by atoms with E-state index in [0.717, 1.165) is 25.6 Å². The molecule has 102 valence electrons. The van der Waals surface area contributed by atoms with Crippen molar-refractivity contribution in [1.82, 2.24) is 10.6 Å². The second-order valence-electron chi connectivity index (χ2n) is 3.24. The first kappa shape index (κ1) is 18.1. The second-order valence-corrected chi connectivity index (χ2v) is 3.24. The van der Waals surface area contributed by atoms with Crippen LogP contribution in [0.4, 0.5) is 0 Å². The molecule has 0 saturated carbocycles. The lowest BCUT2D eigenvalue weighted by Gasteiger charge is -2.08. The molecular weight excluding hydrogens is 220 g/mol. The molecule has 0 bridgehead atoms. The fraction of sp³-hybridized carbons (Fsp3) is 0.818. The molecule has 0 rings (SSSR count). The summed E-state index contributed by atoms with van der Waals surface area (Å²) in [6.45, 7) is 8.83. The summed E-state index contributed by atoms with van der Waals surface area (Å²) < 4.78 is 0. The molecule has 0 aromatic carbocycles. The van der Waals surface area contributed by atoms with Crippen molar-refractivity contribution in [3.63, 3.8) is 0 Å². The van der Waals surface area contributed by atoms with Gasteiger partial charge in [0.05, 0.1) is 6.54 Å². The number of hydrogen-bond donors (Lipinski definition) is 4. The number of carboxylic acid groups (broad SMARTS) is 1. The van der Waals surface area contributed by atoms with Crippen molar-refractivity contribution in [2.24, 2.45) is 10.7 Å². The van der Waals surface area contributed by atoms with E-state index in [9.17, 15) is 4.79 Å². The van der Waals surface area contributed by atoms with Gasteiger partial charge < -0.3 is 21.5 Å². The fourth-order valence-electron chi connectivity index (χ4n) is 0.858. The van der Waals surface area contributed by atoms with E-state index in [0.29, 0.717) is 0 Å². The van der Waals surface area contributed by atoms with Crippen LogP contribution in [0, 0.1) is 0 Å². The van der Waals surface area contributed by atoms with Crippen LogP contribution >= 0.6 is 0 Å². The lowest BCUT2D eigenvalue weighted by Crippen LogP contribution is -2.37. The maximum absolute atomic E-state index is 9.24. The number of carboxylic acids is 1. The van der Waals surface area contributed by atoms with Crippen molar-refractivity contribution >= 4 is 11.9 Å². The minimum absolute atomic E-state index is 0.278. The van der Waals surface area contributed by atoms with Crippen LogP contribution in [0.25, 0.3) is 0 Å². The zero-order chi connectivity index (χ0) is 13.5. The van der Waals surface area contributed by atoms with Crippen molar-refractivity contribution in [2.75, 3.05) is 26.2 Å². The highest BCUT2D eigenvalue weighted by molar-refractivity contribution is 5.79. The minimum atomic E-state index is -0.968. The van der Waals surface area contributed by atoms with Crippen LogP contribution in [0.3, 0.4) is 0 Å². The number of nitrogens with zero attached hydrogens (tertiary/aromatic N) is 1. The molecule has 5 N–H and O–H groups in total. The third kappa shape index (κ3) is 17.3. The molecule has 0 radical (unpaired) electrons. The van der Waals surface area contributed by atoms with Gasteiger partial charge in [0.2, 0.25) is 0 Å². The predicted octanol–water partition coefficient (Wildman–Crippen LogP) is 0.391. The van der Waals surface area contributed by atoms with Gasteiger partial charge in [0, 0.05) is 19.6 Å². The maximum Gasteiger partial charge on any atom is 0.317 e.